The summed E-state index contributed by atoms with van der Waals surface area (Å²) in [5.41, 5.74) is 1.93. The van der Waals surface area contributed by atoms with Crippen LogP contribution < -0.4 is 0 Å². The fraction of sp³-hybridized carbons (Fsp3) is 0.0833. The first-order valence-corrected chi connectivity index (χ1v) is 5.00. The molecule has 2 aromatic rings. The summed E-state index contributed by atoms with van der Waals surface area (Å²) in [5, 5.41) is 1.72. The van der Waals surface area contributed by atoms with Crippen LogP contribution in [-0.2, 0) is 4.79 Å². The topological polar surface area (TPSA) is 32.9 Å². The van der Waals surface area contributed by atoms with Crippen molar-refractivity contribution in [3.05, 3.63) is 41.1 Å². The molecule has 1 N–H and O–H groups in total. The molecule has 76 valence electrons. The van der Waals surface area contributed by atoms with E-state index in [1.165, 1.54) is 13.0 Å². The van der Waals surface area contributed by atoms with Crippen molar-refractivity contribution in [2.24, 2.45) is 0 Å². The van der Waals surface area contributed by atoms with Gasteiger partial charge in [0.15, 0.2) is 5.78 Å². The van der Waals surface area contributed by atoms with E-state index in [1.54, 1.807) is 6.08 Å². The maximum Gasteiger partial charge on any atom is 0.152 e. The van der Waals surface area contributed by atoms with Gasteiger partial charge in [-0.2, -0.15) is 0 Å². The number of fused-ring (bicyclic) bond motifs is 1. The van der Waals surface area contributed by atoms with Crippen molar-refractivity contribution in [3.63, 3.8) is 0 Å². The Bertz CT molecular complexity index is 540. The third-order valence-corrected chi connectivity index (χ3v) is 2.37. The first kappa shape index (κ1) is 9.99. The molecule has 0 unspecified atom stereocenters. The highest BCUT2D eigenvalue weighted by molar-refractivity contribution is 6.31. The number of aromatic nitrogens is 1. The van der Waals surface area contributed by atoms with Gasteiger partial charge in [0.2, 0.25) is 0 Å². The maximum atomic E-state index is 10.8. The summed E-state index contributed by atoms with van der Waals surface area (Å²) in [6.45, 7) is 1.52. The van der Waals surface area contributed by atoms with Crippen LogP contribution in [0.2, 0.25) is 5.02 Å². The van der Waals surface area contributed by atoms with E-state index in [0.29, 0.717) is 5.02 Å². The molecule has 0 fully saturated rings. The molecule has 0 saturated carbocycles. The lowest BCUT2D eigenvalue weighted by Gasteiger charge is -1.98. The van der Waals surface area contributed by atoms with E-state index >= 15 is 0 Å². The summed E-state index contributed by atoms with van der Waals surface area (Å²) in [5.74, 6) is 0.0229. The smallest absolute Gasteiger partial charge is 0.152 e. The third-order valence-electron chi connectivity index (χ3n) is 2.15. The molecule has 0 aliphatic heterocycles. The van der Waals surface area contributed by atoms with Gasteiger partial charge in [-0.25, -0.2) is 0 Å². The molecule has 15 heavy (non-hydrogen) atoms. The van der Waals surface area contributed by atoms with Crippen molar-refractivity contribution < 1.29 is 4.79 Å². The average Bonchev–Trinajstić information content (AvgIpc) is 2.61. The Balaban J connectivity index is 2.58. The second kappa shape index (κ2) is 3.91. The zero-order valence-electron chi connectivity index (χ0n) is 8.25. The van der Waals surface area contributed by atoms with Gasteiger partial charge in [-0.15, -0.1) is 0 Å². The van der Waals surface area contributed by atoms with Gasteiger partial charge < -0.3 is 4.98 Å². The van der Waals surface area contributed by atoms with Gasteiger partial charge in [-0.1, -0.05) is 11.6 Å². The molecule has 0 radical (unpaired) electrons. The van der Waals surface area contributed by atoms with Gasteiger partial charge in [0.05, 0.1) is 5.52 Å². The van der Waals surface area contributed by atoms with Gasteiger partial charge >= 0.3 is 0 Å². The van der Waals surface area contributed by atoms with Crippen LogP contribution in [0.4, 0.5) is 0 Å². The van der Waals surface area contributed by atoms with Gasteiger partial charge in [0, 0.05) is 22.2 Å². The van der Waals surface area contributed by atoms with Crippen LogP contribution in [0.3, 0.4) is 0 Å². The highest BCUT2D eigenvalue weighted by Crippen LogP contribution is 2.23. The minimum absolute atomic E-state index is 0.0229. The second-order valence-electron chi connectivity index (χ2n) is 3.38. The van der Waals surface area contributed by atoms with Crippen LogP contribution in [0, 0.1) is 0 Å². The molecule has 0 spiro atoms. The fourth-order valence-electron chi connectivity index (χ4n) is 1.50. The third kappa shape index (κ3) is 2.10. The second-order valence-corrected chi connectivity index (χ2v) is 3.82. The number of ketones is 1. The van der Waals surface area contributed by atoms with Crippen molar-refractivity contribution >= 4 is 34.4 Å². The van der Waals surface area contributed by atoms with Crippen molar-refractivity contribution in [2.45, 2.75) is 6.92 Å². The first-order valence-electron chi connectivity index (χ1n) is 4.62. The monoisotopic (exact) mass is 219 g/mol. The Kier molecular flexibility index (Phi) is 2.60. The van der Waals surface area contributed by atoms with Crippen LogP contribution in [0.15, 0.2) is 30.5 Å². The van der Waals surface area contributed by atoms with Crippen molar-refractivity contribution in [3.8, 4) is 0 Å². The van der Waals surface area contributed by atoms with E-state index in [-0.39, 0.29) is 5.78 Å². The maximum absolute atomic E-state index is 10.8. The predicted octanol–water partition coefficient (Wildman–Crippen LogP) is 3.42. The summed E-state index contributed by atoms with van der Waals surface area (Å²) in [6, 6.07) is 5.67. The number of allylic oxidation sites excluding steroid dienone is 1. The number of nitrogens with one attached hydrogen (secondary N) is 1. The normalized spacial score (nSPS) is 11.3. The molecule has 3 heteroatoms. The van der Waals surface area contributed by atoms with Crippen LogP contribution >= 0.6 is 11.6 Å². The van der Waals surface area contributed by atoms with Crippen molar-refractivity contribution in [2.75, 3.05) is 0 Å². The molecule has 1 aromatic heterocycles. The Morgan fingerprint density at radius 1 is 1.47 bits per heavy atom. The number of hydrogen-bond acceptors (Lipinski definition) is 1. The molecule has 0 aliphatic rings. The molecule has 2 nitrogen and oxygen atoms in total. The van der Waals surface area contributed by atoms with Crippen LogP contribution in [0.25, 0.3) is 17.0 Å². The summed E-state index contributed by atoms with van der Waals surface area (Å²) in [7, 11) is 0. The molecule has 2 rings (SSSR count). The Labute approximate surface area is 92.6 Å². The Hall–Kier alpha value is -1.54. The number of carbonyl (C=O) groups is 1. The number of benzene rings is 1. The molecular weight excluding hydrogens is 210 g/mol. The standard InChI is InChI=1S/C12H10ClNO/c1-8(15)2-3-9-6-11(13)7-10-4-5-14-12(9)10/h2-7,14H,1H3. The summed E-state index contributed by atoms with van der Waals surface area (Å²) < 4.78 is 0. The number of hydrogen-bond donors (Lipinski definition) is 1. The quantitative estimate of drug-likeness (QED) is 0.772. The minimum Gasteiger partial charge on any atom is -0.361 e. The molecule has 0 bridgehead atoms. The Morgan fingerprint density at radius 3 is 3.00 bits per heavy atom. The van der Waals surface area contributed by atoms with E-state index in [1.807, 2.05) is 24.4 Å². The highest BCUT2D eigenvalue weighted by atomic mass is 35.5. The zero-order chi connectivity index (χ0) is 10.8. The van der Waals surface area contributed by atoms with Crippen LogP contribution in [0.5, 0.6) is 0 Å². The van der Waals surface area contributed by atoms with Crippen LogP contribution in [-0.4, -0.2) is 10.8 Å². The van der Waals surface area contributed by atoms with E-state index in [0.717, 1.165) is 16.5 Å². The largest absolute Gasteiger partial charge is 0.361 e. The number of aromatic amines is 1. The number of carbonyl (C=O) groups excluding carboxylic acids is 1. The number of rotatable bonds is 2. The lowest BCUT2D eigenvalue weighted by atomic mass is 10.1. The molecule has 1 heterocycles. The molecular formula is C12H10ClNO. The van der Waals surface area contributed by atoms with Gasteiger partial charge in [0.25, 0.3) is 0 Å². The average molecular weight is 220 g/mol. The highest BCUT2D eigenvalue weighted by Gasteiger charge is 2.01. The Morgan fingerprint density at radius 2 is 2.27 bits per heavy atom. The molecule has 0 aliphatic carbocycles. The lowest BCUT2D eigenvalue weighted by molar-refractivity contribution is -0.112. The van der Waals surface area contributed by atoms with Crippen molar-refractivity contribution in [1.82, 2.24) is 4.98 Å². The predicted molar refractivity (Wildman–Crippen MR) is 63.0 cm³/mol. The molecule has 0 amide bonds. The fourth-order valence-corrected chi connectivity index (χ4v) is 1.74. The van der Waals surface area contributed by atoms with Gasteiger partial charge in [-0.05, 0) is 37.3 Å². The summed E-state index contributed by atoms with van der Waals surface area (Å²) in [4.78, 5) is 14.0. The minimum atomic E-state index is 0.0229. The molecule has 0 atom stereocenters. The number of halogens is 1. The lowest BCUT2D eigenvalue weighted by Crippen LogP contribution is -1.82. The summed E-state index contributed by atoms with van der Waals surface area (Å²) >= 11 is 5.96. The van der Waals surface area contributed by atoms with E-state index in [4.69, 9.17) is 11.6 Å². The van der Waals surface area contributed by atoms with Gasteiger partial charge in [0.1, 0.15) is 0 Å². The first-order chi connectivity index (χ1) is 7.16. The molecule has 0 saturated heterocycles. The van der Waals surface area contributed by atoms with E-state index in [9.17, 15) is 4.79 Å². The SMILES string of the molecule is CC(=O)C=Cc1cc(Cl)cc2cc[nH]c12. The zero-order valence-corrected chi connectivity index (χ0v) is 9.01. The molecule has 1 aromatic carbocycles. The number of H-pyrrole nitrogens is 1. The van der Waals surface area contributed by atoms with Crippen molar-refractivity contribution in [1.29, 1.82) is 0 Å². The van der Waals surface area contributed by atoms with Crippen LogP contribution in [0.1, 0.15) is 12.5 Å². The van der Waals surface area contributed by atoms with E-state index < -0.39 is 0 Å². The summed E-state index contributed by atoms with van der Waals surface area (Å²) in [6.07, 6.45) is 5.16. The van der Waals surface area contributed by atoms with Gasteiger partial charge in [-0.3, -0.25) is 4.79 Å². The van der Waals surface area contributed by atoms with E-state index in [2.05, 4.69) is 4.98 Å².